The van der Waals surface area contributed by atoms with Crippen molar-refractivity contribution in [3.8, 4) is 22.8 Å². The van der Waals surface area contributed by atoms with E-state index in [-0.39, 0.29) is 0 Å². The molecule has 0 saturated heterocycles. The lowest BCUT2D eigenvalue weighted by atomic mass is 10.1. The highest BCUT2D eigenvalue weighted by molar-refractivity contribution is 5.64. The number of aromatic nitrogens is 2. The molecule has 1 heterocycles. The average Bonchev–Trinajstić information content (AvgIpc) is 2.92. The molecule has 0 aliphatic carbocycles. The van der Waals surface area contributed by atoms with Gasteiger partial charge in [-0.15, -0.1) is 0 Å². The normalized spacial score (nSPS) is 10.7. The Balaban J connectivity index is 1.99. The molecule has 3 rings (SSSR count). The van der Waals surface area contributed by atoms with Gasteiger partial charge in [0.1, 0.15) is 0 Å². The van der Waals surface area contributed by atoms with Gasteiger partial charge >= 0.3 is 0 Å². The minimum absolute atomic E-state index is 0.480. The standard InChI is InChI=1S/C16H15N3O/c1-10-4-3-5-12(8-10)15-18-16(20-19-15)13-7-6-11(2)14(17)9-13/h3-9H,17H2,1-2H3. The number of nitrogens with two attached hydrogens (primary N) is 1. The van der Waals surface area contributed by atoms with Gasteiger partial charge in [0.2, 0.25) is 5.82 Å². The van der Waals surface area contributed by atoms with Crippen LogP contribution >= 0.6 is 0 Å². The van der Waals surface area contributed by atoms with E-state index in [1.165, 1.54) is 0 Å². The molecule has 0 aliphatic rings. The highest BCUT2D eigenvalue weighted by Gasteiger charge is 2.11. The van der Waals surface area contributed by atoms with Gasteiger partial charge in [0.05, 0.1) is 0 Å². The molecular weight excluding hydrogens is 250 g/mol. The summed E-state index contributed by atoms with van der Waals surface area (Å²) in [5, 5.41) is 4.03. The second-order valence-electron chi connectivity index (χ2n) is 4.86. The van der Waals surface area contributed by atoms with Crippen LogP contribution in [0.2, 0.25) is 0 Å². The number of hydrogen-bond donors (Lipinski definition) is 1. The van der Waals surface area contributed by atoms with Crippen LogP contribution in [0.25, 0.3) is 22.8 Å². The van der Waals surface area contributed by atoms with Gasteiger partial charge in [-0.3, -0.25) is 0 Å². The summed E-state index contributed by atoms with van der Waals surface area (Å²) in [6.07, 6.45) is 0. The predicted molar refractivity (Wildman–Crippen MR) is 79.1 cm³/mol. The molecule has 3 aromatic rings. The second kappa shape index (κ2) is 4.81. The summed E-state index contributed by atoms with van der Waals surface area (Å²) < 4.78 is 5.32. The number of nitrogen functional groups attached to an aromatic ring is 1. The Morgan fingerprint density at radius 2 is 1.85 bits per heavy atom. The molecule has 4 nitrogen and oxygen atoms in total. The van der Waals surface area contributed by atoms with Crippen molar-refractivity contribution in [3.05, 3.63) is 53.6 Å². The third-order valence-electron chi connectivity index (χ3n) is 3.23. The molecule has 2 aromatic carbocycles. The van der Waals surface area contributed by atoms with Gasteiger partial charge < -0.3 is 10.3 Å². The molecule has 1 aromatic heterocycles. The zero-order valence-corrected chi connectivity index (χ0v) is 11.4. The minimum atomic E-state index is 0.480. The molecule has 2 N–H and O–H groups in total. The number of aryl methyl sites for hydroxylation is 2. The van der Waals surface area contributed by atoms with Crippen LogP contribution in [0.1, 0.15) is 11.1 Å². The van der Waals surface area contributed by atoms with E-state index in [2.05, 4.69) is 10.1 Å². The Morgan fingerprint density at radius 1 is 1.00 bits per heavy atom. The average molecular weight is 265 g/mol. The largest absolute Gasteiger partial charge is 0.398 e. The van der Waals surface area contributed by atoms with Crippen LogP contribution in [0.4, 0.5) is 5.69 Å². The smallest absolute Gasteiger partial charge is 0.258 e. The molecule has 0 spiro atoms. The Labute approximate surface area is 117 Å². The molecule has 4 heteroatoms. The van der Waals surface area contributed by atoms with Crippen molar-refractivity contribution < 1.29 is 4.52 Å². The van der Waals surface area contributed by atoms with Crippen LogP contribution in [0, 0.1) is 13.8 Å². The summed E-state index contributed by atoms with van der Waals surface area (Å²) in [6.45, 7) is 4.00. The lowest BCUT2D eigenvalue weighted by molar-refractivity contribution is 0.432. The molecular formula is C16H15N3O. The summed E-state index contributed by atoms with van der Waals surface area (Å²) >= 11 is 0. The molecule has 0 fully saturated rings. The van der Waals surface area contributed by atoms with E-state index in [0.717, 1.165) is 27.9 Å². The second-order valence-corrected chi connectivity index (χ2v) is 4.86. The maximum absolute atomic E-state index is 5.91. The number of benzene rings is 2. The summed E-state index contributed by atoms with van der Waals surface area (Å²) in [7, 11) is 0. The van der Waals surface area contributed by atoms with Crippen LogP contribution in [0.15, 0.2) is 47.0 Å². The van der Waals surface area contributed by atoms with Gasteiger partial charge in [-0.05, 0) is 37.6 Å². The number of nitrogens with zero attached hydrogens (tertiary/aromatic N) is 2. The lowest BCUT2D eigenvalue weighted by Gasteiger charge is -2.00. The van der Waals surface area contributed by atoms with Gasteiger partial charge in [-0.1, -0.05) is 35.0 Å². The Morgan fingerprint density at radius 3 is 2.60 bits per heavy atom. The summed E-state index contributed by atoms with van der Waals surface area (Å²) in [4.78, 5) is 4.43. The molecule has 0 saturated carbocycles. The quantitative estimate of drug-likeness (QED) is 0.719. The summed E-state index contributed by atoms with van der Waals surface area (Å²) in [5.74, 6) is 1.07. The minimum Gasteiger partial charge on any atom is -0.398 e. The van der Waals surface area contributed by atoms with Crippen molar-refractivity contribution in [3.63, 3.8) is 0 Å². The molecule has 0 atom stereocenters. The van der Waals surface area contributed by atoms with Crippen LogP contribution in [0.5, 0.6) is 0 Å². The van der Waals surface area contributed by atoms with Crippen molar-refractivity contribution >= 4 is 5.69 Å². The van der Waals surface area contributed by atoms with E-state index in [9.17, 15) is 0 Å². The van der Waals surface area contributed by atoms with Crippen LogP contribution in [-0.2, 0) is 0 Å². The molecule has 0 aliphatic heterocycles. The Hall–Kier alpha value is -2.62. The fourth-order valence-corrected chi connectivity index (χ4v) is 2.02. The molecule has 0 radical (unpaired) electrons. The zero-order valence-electron chi connectivity index (χ0n) is 11.4. The van der Waals surface area contributed by atoms with E-state index in [1.54, 1.807) is 0 Å². The SMILES string of the molecule is Cc1cccc(-c2noc(-c3ccc(C)c(N)c3)n2)c1. The first-order chi connectivity index (χ1) is 9.63. The molecule has 0 unspecified atom stereocenters. The molecule has 100 valence electrons. The summed E-state index contributed by atoms with van der Waals surface area (Å²) in [6, 6.07) is 13.7. The first-order valence-electron chi connectivity index (χ1n) is 6.41. The maximum atomic E-state index is 5.91. The van der Waals surface area contributed by atoms with Crippen LogP contribution in [0.3, 0.4) is 0 Å². The van der Waals surface area contributed by atoms with Gasteiger partial charge in [0.25, 0.3) is 5.89 Å². The number of hydrogen-bond acceptors (Lipinski definition) is 4. The van der Waals surface area contributed by atoms with Gasteiger partial charge in [0.15, 0.2) is 0 Å². The van der Waals surface area contributed by atoms with E-state index >= 15 is 0 Å². The Bertz CT molecular complexity index is 762. The lowest BCUT2D eigenvalue weighted by Crippen LogP contribution is -1.90. The number of rotatable bonds is 2. The first-order valence-corrected chi connectivity index (χ1v) is 6.41. The van der Waals surface area contributed by atoms with E-state index < -0.39 is 0 Å². The number of anilines is 1. The van der Waals surface area contributed by atoms with E-state index in [0.29, 0.717) is 11.7 Å². The van der Waals surface area contributed by atoms with Crippen molar-refractivity contribution in [2.45, 2.75) is 13.8 Å². The monoisotopic (exact) mass is 265 g/mol. The first kappa shape index (κ1) is 12.4. The van der Waals surface area contributed by atoms with Crippen LogP contribution < -0.4 is 5.73 Å². The summed E-state index contributed by atoms with van der Waals surface area (Å²) in [5.41, 5.74) is 10.6. The van der Waals surface area contributed by atoms with Crippen molar-refractivity contribution in [2.24, 2.45) is 0 Å². The third kappa shape index (κ3) is 2.28. The third-order valence-corrected chi connectivity index (χ3v) is 3.23. The fourth-order valence-electron chi connectivity index (χ4n) is 2.02. The van der Waals surface area contributed by atoms with Crippen molar-refractivity contribution in [1.29, 1.82) is 0 Å². The highest BCUT2D eigenvalue weighted by Crippen LogP contribution is 2.25. The van der Waals surface area contributed by atoms with Gasteiger partial charge in [-0.2, -0.15) is 4.98 Å². The predicted octanol–water partition coefficient (Wildman–Crippen LogP) is 3.60. The molecule has 0 amide bonds. The van der Waals surface area contributed by atoms with E-state index in [4.69, 9.17) is 10.3 Å². The van der Waals surface area contributed by atoms with Gasteiger partial charge in [0, 0.05) is 16.8 Å². The van der Waals surface area contributed by atoms with Crippen LogP contribution in [-0.4, -0.2) is 10.1 Å². The highest BCUT2D eigenvalue weighted by atomic mass is 16.5. The zero-order chi connectivity index (χ0) is 14.1. The topological polar surface area (TPSA) is 64.9 Å². The fraction of sp³-hybridized carbons (Fsp3) is 0.125. The van der Waals surface area contributed by atoms with Crippen molar-refractivity contribution in [1.82, 2.24) is 10.1 Å². The molecule has 20 heavy (non-hydrogen) atoms. The Kier molecular flexibility index (Phi) is 2.99. The molecule has 0 bridgehead atoms. The maximum Gasteiger partial charge on any atom is 0.258 e. The van der Waals surface area contributed by atoms with Gasteiger partial charge in [-0.25, -0.2) is 0 Å². The van der Waals surface area contributed by atoms with E-state index in [1.807, 2.05) is 56.3 Å². The van der Waals surface area contributed by atoms with Crippen molar-refractivity contribution in [2.75, 3.05) is 5.73 Å².